The molecule has 106 valence electrons. The minimum absolute atomic E-state index is 0.173. The van der Waals surface area contributed by atoms with Crippen LogP contribution in [0.3, 0.4) is 0 Å². The predicted molar refractivity (Wildman–Crippen MR) is 80.4 cm³/mol. The van der Waals surface area contributed by atoms with Crippen LogP contribution in [-0.4, -0.2) is 20.6 Å². The monoisotopic (exact) mass is 348 g/mol. The van der Waals surface area contributed by atoms with E-state index in [4.69, 9.17) is 5.11 Å². The number of aromatic carboxylic acids is 1. The van der Waals surface area contributed by atoms with Crippen LogP contribution in [-0.2, 0) is 0 Å². The Morgan fingerprint density at radius 3 is 2.81 bits per heavy atom. The number of rotatable bonds is 2. The Hall–Kier alpha value is -2.21. The van der Waals surface area contributed by atoms with Crippen LogP contribution in [0.25, 0.3) is 16.7 Å². The van der Waals surface area contributed by atoms with E-state index in [1.807, 2.05) is 6.92 Å². The quantitative estimate of drug-likeness (QED) is 0.763. The number of aromatic nitrogens is 2. The number of fused-ring (bicyclic) bond motifs is 1. The van der Waals surface area contributed by atoms with E-state index in [9.17, 15) is 9.18 Å². The Bertz CT molecular complexity index is 873. The first-order valence-corrected chi connectivity index (χ1v) is 6.93. The molecule has 0 unspecified atom stereocenters. The molecule has 0 saturated heterocycles. The van der Waals surface area contributed by atoms with Crippen molar-refractivity contribution in [2.45, 2.75) is 6.92 Å². The van der Waals surface area contributed by atoms with Crippen molar-refractivity contribution in [2.24, 2.45) is 0 Å². The highest BCUT2D eigenvalue weighted by Gasteiger charge is 2.12. The molecule has 0 aliphatic heterocycles. The zero-order valence-corrected chi connectivity index (χ0v) is 12.6. The molecular weight excluding hydrogens is 339 g/mol. The van der Waals surface area contributed by atoms with Gasteiger partial charge in [-0.05, 0) is 58.7 Å². The highest BCUT2D eigenvalue weighted by Crippen LogP contribution is 2.26. The number of carboxylic acid groups (broad SMARTS) is 1. The first-order chi connectivity index (χ1) is 9.97. The highest BCUT2D eigenvalue weighted by molar-refractivity contribution is 9.10. The lowest BCUT2D eigenvalue weighted by Crippen LogP contribution is -1.98. The topological polar surface area (TPSA) is 55.1 Å². The van der Waals surface area contributed by atoms with Crippen molar-refractivity contribution in [3.8, 4) is 5.69 Å². The number of hydrogen-bond acceptors (Lipinski definition) is 2. The van der Waals surface area contributed by atoms with Crippen molar-refractivity contribution in [3.63, 3.8) is 0 Å². The largest absolute Gasteiger partial charge is 0.478 e. The van der Waals surface area contributed by atoms with Gasteiger partial charge in [-0.3, -0.25) is 4.57 Å². The first kappa shape index (κ1) is 13.8. The minimum atomic E-state index is -1.00. The smallest absolute Gasteiger partial charge is 0.335 e. The Morgan fingerprint density at radius 1 is 1.33 bits per heavy atom. The van der Waals surface area contributed by atoms with E-state index in [1.165, 1.54) is 18.2 Å². The zero-order valence-electron chi connectivity index (χ0n) is 11.0. The first-order valence-electron chi connectivity index (χ1n) is 6.14. The number of imidazole rings is 1. The molecule has 6 heteroatoms. The maximum Gasteiger partial charge on any atom is 0.335 e. The lowest BCUT2D eigenvalue weighted by Gasteiger charge is -2.09. The van der Waals surface area contributed by atoms with E-state index >= 15 is 0 Å². The van der Waals surface area contributed by atoms with Crippen LogP contribution in [0.2, 0.25) is 0 Å². The van der Waals surface area contributed by atoms with Gasteiger partial charge < -0.3 is 5.11 Å². The standard InChI is InChI=1S/C15H10BrFN2O2/c1-8-4-10(16)11(17)6-14(8)19-7-18-12-5-9(15(20)21)2-3-13(12)19/h2-7H,1H3,(H,20,21). The third kappa shape index (κ3) is 2.31. The molecule has 3 aromatic rings. The van der Waals surface area contributed by atoms with Crippen molar-refractivity contribution < 1.29 is 14.3 Å². The van der Waals surface area contributed by atoms with E-state index < -0.39 is 5.97 Å². The van der Waals surface area contributed by atoms with E-state index in [0.717, 1.165) is 11.1 Å². The summed E-state index contributed by atoms with van der Waals surface area (Å²) in [6.45, 7) is 1.87. The van der Waals surface area contributed by atoms with Crippen LogP contribution >= 0.6 is 15.9 Å². The summed E-state index contributed by atoms with van der Waals surface area (Å²) in [5.41, 5.74) is 3.00. The average Bonchev–Trinajstić information content (AvgIpc) is 2.85. The fourth-order valence-corrected chi connectivity index (χ4v) is 2.69. The Kier molecular flexibility index (Phi) is 3.25. The summed E-state index contributed by atoms with van der Waals surface area (Å²) in [6.07, 6.45) is 1.56. The van der Waals surface area contributed by atoms with Crippen molar-refractivity contribution in [1.29, 1.82) is 0 Å². The van der Waals surface area contributed by atoms with Crippen molar-refractivity contribution in [3.05, 3.63) is 58.1 Å². The van der Waals surface area contributed by atoms with E-state index in [1.54, 1.807) is 23.0 Å². The fraction of sp³-hybridized carbons (Fsp3) is 0.0667. The van der Waals surface area contributed by atoms with Gasteiger partial charge in [0.05, 0.1) is 26.8 Å². The third-order valence-electron chi connectivity index (χ3n) is 3.29. The average molecular weight is 349 g/mol. The van der Waals surface area contributed by atoms with Gasteiger partial charge in [-0.1, -0.05) is 0 Å². The maximum atomic E-state index is 13.8. The number of hydrogen-bond donors (Lipinski definition) is 1. The fourth-order valence-electron chi connectivity index (χ4n) is 2.23. The molecule has 0 saturated carbocycles. The number of benzene rings is 2. The molecule has 0 spiro atoms. The van der Waals surface area contributed by atoms with Crippen LogP contribution in [0.4, 0.5) is 4.39 Å². The molecule has 1 aromatic heterocycles. The molecule has 3 rings (SSSR count). The summed E-state index contributed by atoms with van der Waals surface area (Å²) in [5, 5.41) is 8.99. The van der Waals surface area contributed by atoms with E-state index in [0.29, 0.717) is 15.7 Å². The summed E-state index contributed by atoms with van der Waals surface area (Å²) >= 11 is 3.15. The van der Waals surface area contributed by atoms with Gasteiger partial charge in [-0.2, -0.15) is 0 Å². The number of carboxylic acids is 1. The van der Waals surface area contributed by atoms with Crippen molar-refractivity contribution in [2.75, 3.05) is 0 Å². The van der Waals surface area contributed by atoms with Gasteiger partial charge in [-0.15, -0.1) is 0 Å². The summed E-state index contributed by atoms with van der Waals surface area (Å²) < 4.78 is 15.9. The molecule has 21 heavy (non-hydrogen) atoms. The van der Waals surface area contributed by atoms with Gasteiger partial charge in [0.15, 0.2) is 0 Å². The molecule has 0 fully saturated rings. The zero-order chi connectivity index (χ0) is 15.1. The maximum absolute atomic E-state index is 13.8. The summed E-state index contributed by atoms with van der Waals surface area (Å²) in [4.78, 5) is 15.2. The van der Waals surface area contributed by atoms with E-state index in [2.05, 4.69) is 20.9 Å². The molecular formula is C15H10BrFN2O2. The Morgan fingerprint density at radius 2 is 2.10 bits per heavy atom. The Labute approximate surface area is 128 Å². The minimum Gasteiger partial charge on any atom is -0.478 e. The summed E-state index contributed by atoms with van der Waals surface area (Å²) in [6, 6.07) is 7.80. The number of aryl methyl sites for hydroxylation is 1. The number of nitrogens with zero attached hydrogens (tertiary/aromatic N) is 2. The van der Waals surface area contributed by atoms with Crippen molar-refractivity contribution in [1.82, 2.24) is 9.55 Å². The SMILES string of the molecule is Cc1cc(Br)c(F)cc1-n1cnc2cc(C(=O)O)ccc21. The number of halogens is 2. The van der Waals surface area contributed by atoms with Gasteiger partial charge in [0, 0.05) is 0 Å². The third-order valence-corrected chi connectivity index (χ3v) is 3.90. The van der Waals surface area contributed by atoms with Gasteiger partial charge in [0.2, 0.25) is 0 Å². The molecule has 1 heterocycles. The number of carbonyl (C=O) groups is 1. The second-order valence-electron chi connectivity index (χ2n) is 4.68. The van der Waals surface area contributed by atoms with Crippen LogP contribution in [0.15, 0.2) is 41.1 Å². The van der Waals surface area contributed by atoms with Gasteiger partial charge in [0.25, 0.3) is 0 Å². The predicted octanol–water partition coefficient (Wildman–Crippen LogP) is 3.93. The molecule has 2 aromatic carbocycles. The molecule has 4 nitrogen and oxygen atoms in total. The summed E-state index contributed by atoms with van der Waals surface area (Å²) in [5.74, 6) is -1.36. The lowest BCUT2D eigenvalue weighted by atomic mass is 10.1. The second kappa shape index (κ2) is 4.96. The molecule has 0 bridgehead atoms. The molecule has 0 atom stereocenters. The van der Waals surface area contributed by atoms with Crippen LogP contribution < -0.4 is 0 Å². The highest BCUT2D eigenvalue weighted by atomic mass is 79.9. The van der Waals surface area contributed by atoms with Crippen LogP contribution in [0, 0.1) is 12.7 Å². The molecule has 0 amide bonds. The second-order valence-corrected chi connectivity index (χ2v) is 5.53. The van der Waals surface area contributed by atoms with E-state index in [-0.39, 0.29) is 11.4 Å². The molecule has 0 aliphatic rings. The van der Waals surface area contributed by atoms with Crippen LogP contribution in [0.1, 0.15) is 15.9 Å². The van der Waals surface area contributed by atoms with Gasteiger partial charge in [-0.25, -0.2) is 14.2 Å². The molecule has 1 N–H and O–H groups in total. The normalized spacial score (nSPS) is 11.0. The lowest BCUT2D eigenvalue weighted by molar-refractivity contribution is 0.0697. The molecule has 0 radical (unpaired) electrons. The van der Waals surface area contributed by atoms with Gasteiger partial charge in [0.1, 0.15) is 12.1 Å². The summed E-state index contributed by atoms with van der Waals surface area (Å²) in [7, 11) is 0. The Balaban J connectivity index is 2.22. The van der Waals surface area contributed by atoms with Crippen molar-refractivity contribution >= 4 is 32.9 Å². The van der Waals surface area contributed by atoms with Gasteiger partial charge >= 0.3 is 5.97 Å². The van der Waals surface area contributed by atoms with Crippen LogP contribution in [0.5, 0.6) is 0 Å². The molecule has 0 aliphatic carbocycles.